The summed E-state index contributed by atoms with van der Waals surface area (Å²) in [4.78, 5) is 56.7. The van der Waals surface area contributed by atoms with Crippen LogP contribution in [0.4, 0.5) is 18.9 Å². The van der Waals surface area contributed by atoms with E-state index >= 15 is 13.2 Å². The van der Waals surface area contributed by atoms with Gasteiger partial charge in [0.1, 0.15) is 11.9 Å². The summed E-state index contributed by atoms with van der Waals surface area (Å²) in [7, 11) is 1.97. The van der Waals surface area contributed by atoms with Crippen molar-refractivity contribution in [2.75, 3.05) is 38.5 Å². The van der Waals surface area contributed by atoms with Crippen molar-refractivity contribution in [3.63, 3.8) is 0 Å². The minimum atomic E-state index is -3.84. The van der Waals surface area contributed by atoms with Gasteiger partial charge in [0.25, 0.3) is 0 Å². The number of ketones is 1. The molecule has 1 aliphatic heterocycles. The molecule has 0 spiro atoms. The predicted molar refractivity (Wildman–Crippen MR) is 196 cm³/mol. The lowest BCUT2D eigenvalue weighted by atomic mass is 9.77. The van der Waals surface area contributed by atoms with Crippen LogP contribution in [-0.4, -0.2) is 77.3 Å². The number of likely N-dealkylation sites (N-methyl/N-ethyl adjacent to an activating group) is 1. The molecule has 2 aromatic carbocycles. The molecule has 13 heteroatoms. The van der Waals surface area contributed by atoms with Crippen LogP contribution in [0.1, 0.15) is 94.7 Å². The largest absolute Gasteiger partial charge is 0.343 e. The van der Waals surface area contributed by atoms with Crippen LogP contribution in [0.25, 0.3) is 0 Å². The first-order chi connectivity index (χ1) is 24.6. The van der Waals surface area contributed by atoms with Gasteiger partial charge in [-0.25, -0.2) is 4.39 Å². The Kier molecular flexibility index (Phi) is 14.0. The number of benzene rings is 2. The molecular formula is C39H50F3N5O4S. The molecule has 2 aromatic rings. The number of anilines is 1. The third kappa shape index (κ3) is 9.75. The monoisotopic (exact) mass is 741 g/mol. The van der Waals surface area contributed by atoms with Gasteiger partial charge in [-0.3, -0.25) is 19.2 Å². The minimum Gasteiger partial charge on any atom is -0.343 e. The maximum absolute atomic E-state index is 15.8. The number of halogens is 3. The quantitative estimate of drug-likeness (QED) is 0.192. The van der Waals surface area contributed by atoms with Gasteiger partial charge in [0, 0.05) is 55.2 Å². The SMILES string of the molecule is CCC(=O)N[C@@H](C(=O)N1CCN(C)CC1)C(C)(S)[C@@H](C)c1ccc(NC(=O)[C@@H](CCC(=O)C(F)(F)c2cccc(C#N)c2)C2CCCCC2)c(F)c1. The van der Waals surface area contributed by atoms with Crippen molar-refractivity contribution in [2.45, 2.75) is 94.8 Å². The summed E-state index contributed by atoms with van der Waals surface area (Å²) in [6.07, 6.45) is 3.55. The molecule has 1 aliphatic carbocycles. The van der Waals surface area contributed by atoms with Gasteiger partial charge in [-0.15, -0.1) is 0 Å². The highest BCUT2D eigenvalue weighted by molar-refractivity contribution is 7.82. The van der Waals surface area contributed by atoms with Crippen molar-refractivity contribution >= 4 is 41.8 Å². The standard InChI is InChI=1S/C39H50F3N5O4S/c1-5-34(49)45-35(37(51)47-20-18-46(4)19-21-47)38(3,52)25(2)28-14-16-32(31(40)23-28)44-36(50)30(27-11-7-6-8-12-27)15-17-33(48)39(41,42)29-13-9-10-26(22-29)24-43/h9-10,13-14,16,22-23,25,27,30,35,52H,5-8,11-12,15,17-21H2,1-4H3,(H,44,50)(H,45,49)/t25-,30-,35-,38?/m0/s1. The highest BCUT2D eigenvalue weighted by atomic mass is 32.1. The molecule has 0 bridgehead atoms. The van der Waals surface area contributed by atoms with Crippen molar-refractivity contribution in [3.8, 4) is 6.07 Å². The van der Waals surface area contributed by atoms with Gasteiger partial charge in [0.05, 0.1) is 17.3 Å². The molecular weight excluding hydrogens is 692 g/mol. The van der Waals surface area contributed by atoms with Crippen LogP contribution >= 0.6 is 12.6 Å². The molecule has 2 aliphatic rings. The fourth-order valence-corrected chi connectivity index (χ4v) is 7.48. The zero-order chi connectivity index (χ0) is 38.2. The Morgan fingerprint density at radius 2 is 1.71 bits per heavy atom. The third-order valence-electron chi connectivity index (χ3n) is 10.8. The molecule has 0 aromatic heterocycles. The average Bonchev–Trinajstić information content (AvgIpc) is 3.14. The van der Waals surface area contributed by atoms with Crippen LogP contribution in [0.3, 0.4) is 0 Å². The van der Waals surface area contributed by atoms with Crippen molar-refractivity contribution in [2.24, 2.45) is 11.8 Å². The lowest BCUT2D eigenvalue weighted by Crippen LogP contribution is -2.61. The third-order valence-corrected chi connectivity index (χ3v) is 11.5. The number of nitrogens with zero attached hydrogens (tertiary/aromatic N) is 3. The molecule has 2 fully saturated rings. The number of piperazine rings is 1. The van der Waals surface area contributed by atoms with Crippen molar-refractivity contribution in [1.82, 2.24) is 15.1 Å². The number of thiol groups is 1. The average molecular weight is 742 g/mol. The molecule has 0 radical (unpaired) electrons. The second-order valence-electron chi connectivity index (χ2n) is 14.4. The van der Waals surface area contributed by atoms with Gasteiger partial charge in [-0.2, -0.15) is 26.7 Å². The highest BCUT2D eigenvalue weighted by Crippen LogP contribution is 2.39. The maximum Gasteiger partial charge on any atom is 0.330 e. The van der Waals surface area contributed by atoms with Crippen molar-refractivity contribution < 1.29 is 32.3 Å². The first-order valence-electron chi connectivity index (χ1n) is 18.1. The van der Waals surface area contributed by atoms with E-state index < -0.39 is 58.0 Å². The molecule has 3 amide bonds. The molecule has 4 rings (SSSR count). The van der Waals surface area contributed by atoms with Gasteiger partial charge in [0.2, 0.25) is 23.5 Å². The summed E-state index contributed by atoms with van der Waals surface area (Å²) in [5, 5.41) is 14.6. The molecule has 4 atom stereocenters. The van der Waals surface area contributed by atoms with Gasteiger partial charge in [-0.1, -0.05) is 51.3 Å². The summed E-state index contributed by atoms with van der Waals surface area (Å²) in [6.45, 7) is 7.62. The zero-order valence-corrected chi connectivity index (χ0v) is 31.3. The number of nitrogens with one attached hydrogen (secondary N) is 2. The number of hydrogen-bond acceptors (Lipinski definition) is 7. The van der Waals surface area contributed by atoms with E-state index in [1.165, 1.54) is 24.3 Å². The second-order valence-corrected chi connectivity index (χ2v) is 15.4. The van der Waals surface area contributed by atoms with E-state index in [9.17, 15) is 19.2 Å². The Morgan fingerprint density at radius 3 is 2.33 bits per heavy atom. The normalized spacial score (nSPS) is 18.7. The number of alkyl halides is 2. The van der Waals surface area contributed by atoms with Crippen molar-refractivity contribution in [1.29, 1.82) is 5.26 Å². The van der Waals surface area contributed by atoms with E-state index in [2.05, 4.69) is 15.5 Å². The van der Waals surface area contributed by atoms with E-state index in [0.29, 0.717) is 44.6 Å². The Labute approximate surface area is 310 Å². The predicted octanol–water partition coefficient (Wildman–Crippen LogP) is 6.43. The number of carbonyl (C=O) groups excluding carboxylic acids is 4. The van der Waals surface area contributed by atoms with E-state index in [4.69, 9.17) is 17.9 Å². The molecule has 1 heterocycles. The Bertz CT molecular complexity index is 1650. The molecule has 1 saturated carbocycles. The second kappa shape index (κ2) is 17.8. The zero-order valence-electron chi connectivity index (χ0n) is 30.4. The molecule has 9 nitrogen and oxygen atoms in total. The Morgan fingerprint density at radius 1 is 1.04 bits per heavy atom. The fraction of sp³-hybridized carbons (Fsp3) is 0.564. The molecule has 282 valence electrons. The number of nitriles is 1. The maximum atomic E-state index is 15.8. The van der Waals surface area contributed by atoms with Gasteiger partial charge in [-0.05, 0) is 74.9 Å². The molecule has 52 heavy (non-hydrogen) atoms. The summed E-state index contributed by atoms with van der Waals surface area (Å²) < 4.78 is 45.0. The number of rotatable bonds is 14. The number of carbonyl (C=O) groups is 4. The van der Waals surface area contributed by atoms with Crippen LogP contribution in [0.5, 0.6) is 0 Å². The topological polar surface area (TPSA) is 123 Å². The van der Waals surface area contributed by atoms with Crippen LogP contribution in [0.15, 0.2) is 42.5 Å². The van der Waals surface area contributed by atoms with Crippen LogP contribution in [0.2, 0.25) is 0 Å². The van der Waals surface area contributed by atoms with Crippen molar-refractivity contribution in [3.05, 3.63) is 65.0 Å². The lowest BCUT2D eigenvalue weighted by Gasteiger charge is -2.42. The summed E-state index contributed by atoms with van der Waals surface area (Å²) >= 11 is 4.91. The lowest BCUT2D eigenvalue weighted by molar-refractivity contribution is -0.145. The van der Waals surface area contributed by atoms with Crippen LogP contribution in [0, 0.1) is 29.0 Å². The number of Topliss-reactive ketones (excluding diaryl/α,β-unsaturated/α-hetero) is 1. The van der Waals surface area contributed by atoms with E-state index in [1.807, 2.05) is 7.05 Å². The van der Waals surface area contributed by atoms with Crippen LogP contribution < -0.4 is 10.6 Å². The fourth-order valence-electron chi connectivity index (χ4n) is 7.15. The first-order valence-corrected chi connectivity index (χ1v) is 18.6. The van der Waals surface area contributed by atoms with Gasteiger partial charge >= 0.3 is 5.92 Å². The summed E-state index contributed by atoms with van der Waals surface area (Å²) in [5.74, 6) is -8.53. The smallest absolute Gasteiger partial charge is 0.330 e. The van der Waals surface area contributed by atoms with E-state index in [-0.39, 0.29) is 41.8 Å². The molecule has 1 unspecified atom stereocenters. The highest BCUT2D eigenvalue weighted by Gasteiger charge is 2.45. The Balaban J connectivity index is 1.51. The van der Waals surface area contributed by atoms with Gasteiger partial charge < -0.3 is 20.4 Å². The summed E-state index contributed by atoms with van der Waals surface area (Å²) in [5.41, 5.74) is -0.177. The first kappa shape index (κ1) is 40.9. The Hall–Kier alpha value is -3.89. The molecule has 2 N–H and O–H groups in total. The summed E-state index contributed by atoms with van der Waals surface area (Å²) in [6, 6.07) is 9.87. The van der Waals surface area contributed by atoms with E-state index in [1.54, 1.807) is 37.8 Å². The minimum absolute atomic E-state index is 0.00749. The van der Waals surface area contributed by atoms with E-state index in [0.717, 1.165) is 31.4 Å². The number of hydrogen-bond donors (Lipinski definition) is 3. The van der Waals surface area contributed by atoms with Gasteiger partial charge in [0.15, 0.2) is 0 Å². The number of amides is 3. The molecule has 1 saturated heterocycles. The van der Waals surface area contributed by atoms with Crippen LogP contribution in [-0.2, 0) is 25.1 Å².